The van der Waals surface area contributed by atoms with Gasteiger partial charge < -0.3 is 0 Å². The molecule has 0 amide bonds. The molecular weight excluding hydrogens is 302 g/mol. The first-order valence-electron chi connectivity index (χ1n) is 7.54. The minimum absolute atomic E-state index is 0.409. The Morgan fingerprint density at radius 3 is 2.62 bits per heavy atom. The second-order valence-corrected chi connectivity index (χ2v) is 7.50. The zero-order valence-corrected chi connectivity index (χ0v) is 13.6. The van der Waals surface area contributed by atoms with Crippen LogP contribution in [0.4, 0.5) is 0 Å². The van der Waals surface area contributed by atoms with Gasteiger partial charge >= 0.3 is 0 Å². The Kier molecular flexibility index (Phi) is 5.20. The van der Waals surface area contributed by atoms with Crippen molar-refractivity contribution in [2.45, 2.75) is 49.1 Å². The monoisotopic (exact) mass is 321 g/mol. The lowest BCUT2D eigenvalue weighted by molar-refractivity contribution is 0.512. The van der Waals surface area contributed by atoms with Gasteiger partial charge in [0.1, 0.15) is 12.7 Å². The summed E-state index contributed by atoms with van der Waals surface area (Å²) < 4.78 is 1.93. The molecule has 2 aromatic rings. The average molecular weight is 322 g/mol. The highest BCUT2D eigenvalue weighted by Gasteiger charge is 2.21. The first-order valence-corrected chi connectivity index (χ1v) is 8.86. The molecule has 1 aromatic carbocycles. The van der Waals surface area contributed by atoms with E-state index in [1.165, 1.54) is 37.7 Å². The van der Waals surface area contributed by atoms with E-state index < -0.39 is 0 Å². The summed E-state index contributed by atoms with van der Waals surface area (Å²) in [6.07, 6.45) is 10.2. The lowest BCUT2D eigenvalue weighted by Crippen LogP contribution is -2.14. The summed E-state index contributed by atoms with van der Waals surface area (Å²) in [5.41, 5.74) is 1.32. The van der Waals surface area contributed by atoms with Gasteiger partial charge in [-0.25, -0.2) is 4.98 Å². The number of benzene rings is 1. The van der Waals surface area contributed by atoms with Gasteiger partial charge in [-0.05, 0) is 30.5 Å². The predicted octanol–water partition coefficient (Wildman–Crippen LogP) is 4.74. The second kappa shape index (κ2) is 7.32. The van der Waals surface area contributed by atoms with Crippen molar-refractivity contribution in [2.24, 2.45) is 0 Å². The van der Waals surface area contributed by atoms with E-state index in [4.69, 9.17) is 11.6 Å². The molecule has 1 fully saturated rings. The molecule has 1 aliphatic rings. The van der Waals surface area contributed by atoms with Crippen LogP contribution in [0, 0.1) is 0 Å². The van der Waals surface area contributed by atoms with E-state index in [9.17, 15) is 0 Å². The van der Waals surface area contributed by atoms with Crippen molar-refractivity contribution in [2.75, 3.05) is 0 Å². The molecule has 1 unspecified atom stereocenters. The molecule has 112 valence electrons. The molecule has 1 saturated carbocycles. The van der Waals surface area contributed by atoms with Crippen LogP contribution in [0.1, 0.15) is 42.9 Å². The molecule has 3 rings (SSSR count). The molecule has 1 aliphatic carbocycles. The van der Waals surface area contributed by atoms with Crippen LogP contribution >= 0.6 is 23.4 Å². The van der Waals surface area contributed by atoms with Crippen molar-refractivity contribution >= 4 is 23.4 Å². The topological polar surface area (TPSA) is 30.7 Å². The van der Waals surface area contributed by atoms with Gasteiger partial charge in [-0.2, -0.15) is 5.10 Å². The standard InChI is InChI=1S/C16H20ClN3S/c17-14-8-6-13(7-9-14)16(10-20-12-18-11-19-20)21-15-4-2-1-3-5-15/h6-9,11-12,15-16H,1-5,10H2. The van der Waals surface area contributed by atoms with Gasteiger partial charge in [0.25, 0.3) is 0 Å². The highest BCUT2D eigenvalue weighted by molar-refractivity contribution is 8.00. The van der Waals surface area contributed by atoms with Crippen LogP contribution in [0.25, 0.3) is 0 Å². The molecule has 1 aromatic heterocycles. The molecular formula is C16H20ClN3S. The Morgan fingerprint density at radius 1 is 1.19 bits per heavy atom. The number of aromatic nitrogens is 3. The molecule has 5 heteroatoms. The molecule has 1 atom stereocenters. The maximum absolute atomic E-state index is 6.02. The van der Waals surface area contributed by atoms with E-state index in [1.807, 2.05) is 16.8 Å². The molecule has 0 spiro atoms. The van der Waals surface area contributed by atoms with Crippen molar-refractivity contribution in [1.82, 2.24) is 14.8 Å². The Balaban J connectivity index is 1.74. The third-order valence-corrected chi connectivity index (χ3v) is 5.83. The summed E-state index contributed by atoms with van der Waals surface area (Å²) in [5.74, 6) is 0. The van der Waals surface area contributed by atoms with Gasteiger partial charge in [-0.3, -0.25) is 4.68 Å². The molecule has 21 heavy (non-hydrogen) atoms. The summed E-state index contributed by atoms with van der Waals surface area (Å²) in [6, 6.07) is 8.23. The number of thioether (sulfide) groups is 1. The fourth-order valence-electron chi connectivity index (χ4n) is 2.83. The molecule has 0 N–H and O–H groups in total. The van der Waals surface area contributed by atoms with E-state index in [2.05, 4.69) is 34.0 Å². The Labute approximate surface area is 135 Å². The Hall–Kier alpha value is -1.00. The van der Waals surface area contributed by atoms with Gasteiger partial charge in [-0.15, -0.1) is 11.8 Å². The number of hydrogen-bond acceptors (Lipinski definition) is 3. The van der Waals surface area contributed by atoms with Gasteiger partial charge in [-0.1, -0.05) is 43.0 Å². The summed E-state index contributed by atoms with van der Waals surface area (Å²) in [7, 11) is 0. The first kappa shape index (κ1) is 14.9. The van der Waals surface area contributed by atoms with Crippen molar-refractivity contribution in [3.63, 3.8) is 0 Å². The summed E-state index contributed by atoms with van der Waals surface area (Å²) >= 11 is 8.11. The average Bonchev–Trinajstić information content (AvgIpc) is 3.01. The highest BCUT2D eigenvalue weighted by Crippen LogP contribution is 2.39. The number of hydrogen-bond donors (Lipinski definition) is 0. The van der Waals surface area contributed by atoms with Gasteiger partial charge in [0.2, 0.25) is 0 Å². The molecule has 0 bridgehead atoms. The van der Waals surface area contributed by atoms with Crippen LogP contribution in [0.5, 0.6) is 0 Å². The minimum Gasteiger partial charge on any atom is -0.252 e. The van der Waals surface area contributed by atoms with E-state index in [0.29, 0.717) is 5.25 Å². The van der Waals surface area contributed by atoms with E-state index in [-0.39, 0.29) is 0 Å². The Morgan fingerprint density at radius 2 is 1.95 bits per heavy atom. The van der Waals surface area contributed by atoms with Crippen LogP contribution in [-0.2, 0) is 6.54 Å². The fraction of sp³-hybridized carbons (Fsp3) is 0.500. The van der Waals surface area contributed by atoms with Gasteiger partial charge in [0.15, 0.2) is 0 Å². The van der Waals surface area contributed by atoms with Crippen molar-refractivity contribution < 1.29 is 0 Å². The maximum atomic E-state index is 6.02. The van der Waals surface area contributed by atoms with Crippen molar-refractivity contribution in [3.05, 3.63) is 47.5 Å². The van der Waals surface area contributed by atoms with Crippen LogP contribution in [0.3, 0.4) is 0 Å². The van der Waals surface area contributed by atoms with Crippen LogP contribution in [0.15, 0.2) is 36.9 Å². The lowest BCUT2D eigenvalue weighted by atomic mass is 10.0. The molecule has 0 aliphatic heterocycles. The van der Waals surface area contributed by atoms with Gasteiger partial charge in [0, 0.05) is 15.5 Å². The number of halogens is 1. The third kappa shape index (κ3) is 4.24. The van der Waals surface area contributed by atoms with Crippen LogP contribution in [-0.4, -0.2) is 20.0 Å². The first-order chi connectivity index (χ1) is 10.3. The van der Waals surface area contributed by atoms with E-state index in [0.717, 1.165) is 16.8 Å². The van der Waals surface area contributed by atoms with Gasteiger partial charge in [0.05, 0.1) is 6.54 Å². The minimum atomic E-state index is 0.409. The van der Waals surface area contributed by atoms with Crippen molar-refractivity contribution in [1.29, 1.82) is 0 Å². The number of rotatable bonds is 5. The zero-order valence-electron chi connectivity index (χ0n) is 12.0. The largest absolute Gasteiger partial charge is 0.252 e. The van der Waals surface area contributed by atoms with Crippen LogP contribution in [0.2, 0.25) is 5.02 Å². The molecule has 0 radical (unpaired) electrons. The zero-order chi connectivity index (χ0) is 14.5. The number of nitrogens with zero attached hydrogens (tertiary/aromatic N) is 3. The second-order valence-electron chi connectivity index (χ2n) is 5.55. The highest BCUT2D eigenvalue weighted by atomic mass is 35.5. The predicted molar refractivity (Wildman–Crippen MR) is 88.7 cm³/mol. The molecule has 3 nitrogen and oxygen atoms in total. The third-order valence-electron chi connectivity index (χ3n) is 3.97. The molecule has 1 heterocycles. The maximum Gasteiger partial charge on any atom is 0.137 e. The van der Waals surface area contributed by atoms with E-state index >= 15 is 0 Å². The summed E-state index contributed by atoms with van der Waals surface area (Å²) in [4.78, 5) is 4.05. The fourth-order valence-corrected chi connectivity index (χ4v) is 4.58. The lowest BCUT2D eigenvalue weighted by Gasteiger charge is -2.26. The summed E-state index contributed by atoms with van der Waals surface area (Å²) in [5, 5.41) is 6.23. The normalized spacial score (nSPS) is 17.8. The smallest absolute Gasteiger partial charge is 0.137 e. The molecule has 0 saturated heterocycles. The van der Waals surface area contributed by atoms with Crippen LogP contribution < -0.4 is 0 Å². The quantitative estimate of drug-likeness (QED) is 0.797. The SMILES string of the molecule is Clc1ccc(C(Cn2cncn2)SC2CCCCC2)cc1. The Bertz CT molecular complexity index is 535. The summed E-state index contributed by atoms with van der Waals surface area (Å²) in [6.45, 7) is 0.864. The van der Waals surface area contributed by atoms with E-state index in [1.54, 1.807) is 12.7 Å². The van der Waals surface area contributed by atoms with Crippen molar-refractivity contribution in [3.8, 4) is 0 Å².